The lowest BCUT2D eigenvalue weighted by molar-refractivity contribution is 0.942. The van der Waals surface area contributed by atoms with E-state index in [9.17, 15) is 0 Å². The van der Waals surface area contributed by atoms with E-state index in [1.807, 2.05) is 13.0 Å². The molecule has 12 heavy (non-hydrogen) atoms. The summed E-state index contributed by atoms with van der Waals surface area (Å²) in [7, 11) is 0. The van der Waals surface area contributed by atoms with Crippen molar-refractivity contribution in [3.05, 3.63) is 24.4 Å². The summed E-state index contributed by atoms with van der Waals surface area (Å²) in [4.78, 5) is 8.25. The van der Waals surface area contributed by atoms with Crippen molar-refractivity contribution >= 4 is 17.6 Å². The van der Waals surface area contributed by atoms with Gasteiger partial charge in [0.1, 0.15) is 5.82 Å². The van der Waals surface area contributed by atoms with Crippen molar-refractivity contribution in [2.24, 2.45) is 0 Å². The minimum atomic E-state index is 0.522. The summed E-state index contributed by atoms with van der Waals surface area (Å²) < 4.78 is 0. The molecule has 0 unspecified atom stereocenters. The molecule has 0 spiro atoms. The highest BCUT2D eigenvalue weighted by Crippen LogP contribution is 2.14. The number of hydrogen-bond acceptors (Lipinski definition) is 4. The molecule has 4 heteroatoms. The molecule has 2 N–H and O–H groups in total. The highest BCUT2D eigenvalue weighted by atomic mass is 32.2. The van der Waals surface area contributed by atoms with Gasteiger partial charge in [-0.2, -0.15) is 0 Å². The summed E-state index contributed by atoms with van der Waals surface area (Å²) in [6, 6.07) is 1.75. The van der Waals surface area contributed by atoms with Gasteiger partial charge < -0.3 is 5.73 Å². The quantitative estimate of drug-likeness (QED) is 0.437. The van der Waals surface area contributed by atoms with E-state index < -0.39 is 0 Å². The normalized spacial score (nSPS) is 9.75. The lowest BCUT2D eigenvalue weighted by Crippen LogP contribution is -1.96. The van der Waals surface area contributed by atoms with E-state index in [-0.39, 0.29) is 0 Å². The number of nitrogens with zero attached hydrogens (tertiary/aromatic N) is 2. The topological polar surface area (TPSA) is 51.8 Å². The third-order valence-corrected chi connectivity index (χ3v) is 2.03. The first-order chi connectivity index (χ1) is 5.72. The first kappa shape index (κ1) is 9.06. The Morgan fingerprint density at radius 2 is 2.42 bits per heavy atom. The summed E-state index contributed by atoms with van der Waals surface area (Å²) in [5, 5.41) is 0.715. The van der Waals surface area contributed by atoms with Crippen molar-refractivity contribution in [2.45, 2.75) is 12.1 Å². The van der Waals surface area contributed by atoms with Crippen LogP contribution in [-0.4, -0.2) is 15.7 Å². The summed E-state index contributed by atoms with van der Waals surface area (Å²) in [5.74, 6) is 1.33. The van der Waals surface area contributed by atoms with Crippen molar-refractivity contribution in [2.75, 3.05) is 11.5 Å². The van der Waals surface area contributed by atoms with Crippen molar-refractivity contribution in [1.29, 1.82) is 0 Å². The third-order valence-electron chi connectivity index (χ3n) is 1.18. The second-order valence-electron chi connectivity index (χ2n) is 2.32. The van der Waals surface area contributed by atoms with Crippen LogP contribution in [0.4, 0.5) is 5.82 Å². The number of nitrogens with two attached hydrogens (primary N) is 1. The Balaban J connectivity index is 2.78. The fraction of sp³-hybridized carbons (Fsp3) is 0.250. The molecule has 0 aliphatic heterocycles. The average Bonchev–Trinajstić information content (AvgIpc) is 1.99. The molecule has 0 bridgehead atoms. The van der Waals surface area contributed by atoms with Crippen LogP contribution in [0, 0.1) is 6.92 Å². The predicted octanol–water partition coefficient (Wildman–Crippen LogP) is 1.65. The second-order valence-corrected chi connectivity index (χ2v) is 3.30. The van der Waals surface area contributed by atoms with Crippen molar-refractivity contribution in [3.8, 4) is 0 Å². The average molecular weight is 181 g/mol. The van der Waals surface area contributed by atoms with Gasteiger partial charge in [0, 0.05) is 17.5 Å². The van der Waals surface area contributed by atoms with Gasteiger partial charge in [-0.25, -0.2) is 9.97 Å². The predicted molar refractivity (Wildman–Crippen MR) is 52.1 cm³/mol. The summed E-state index contributed by atoms with van der Waals surface area (Å²) in [5.41, 5.74) is 6.44. The lowest BCUT2D eigenvalue weighted by Gasteiger charge is -1.99. The smallest absolute Gasteiger partial charge is 0.190 e. The van der Waals surface area contributed by atoms with Crippen molar-refractivity contribution in [1.82, 2.24) is 9.97 Å². The molecule has 0 atom stereocenters. The number of anilines is 1. The van der Waals surface area contributed by atoms with Gasteiger partial charge in [-0.1, -0.05) is 17.8 Å². The number of hydrogen-bond donors (Lipinski definition) is 1. The molecule has 0 amide bonds. The summed E-state index contributed by atoms with van der Waals surface area (Å²) >= 11 is 1.53. The molecule has 0 fully saturated rings. The van der Waals surface area contributed by atoms with Crippen LogP contribution in [0.3, 0.4) is 0 Å². The maximum absolute atomic E-state index is 5.54. The monoisotopic (exact) mass is 181 g/mol. The minimum absolute atomic E-state index is 0.522. The Hall–Kier alpha value is -1.03. The van der Waals surface area contributed by atoms with Crippen LogP contribution in [0.1, 0.15) is 5.69 Å². The molecule has 0 saturated heterocycles. The van der Waals surface area contributed by atoms with Crippen LogP contribution in [0.2, 0.25) is 0 Å². The van der Waals surface area contributed by atoms with E-state index >= 15 is 0 Å². The molecule has 1 aromatic rings. The van der Waals surface area contributed by atoms with Crippen LogP contribution in [0.15, 0.2) is 23.9 Å². The maximum atomic E-state index is 5.54. The Morgan fingerprint density at radius 1 is 1.67 bits per heavy atom. The van der Waals surface area contributed by atoms with E-state index in [1.54, 1.807) is 6.07 Å². The Bertz CT molecular complexity index is 265. The van der Waals surface area contributed by atoms with Gasteiger partial charge >= 0.3 is 0 Å². The lowest BCUT2D eigenvalue weighted by atomic mass is 10.4. The summed E-state index contributed by atoms with van der Waals surface area (Å²) in [6.07, 6.45) is 1.81. The number of nitrogen functional groups attached to an aromatic ring is 1. The van der Waals surface area contributed by atoms with Gasteiger partial charge in [0.05, 0.1) is 0 Å². The van der Waals surface area contributed by atoms with Crippen LogP contribution in [-0.2, 0) is 0 Å². The fourth-order valence-corrected chi connectivity index (χ4v) is 1.41. The molecule has 0 aliphatic carbocycles. The number of rotatable bonds is 3. The van der Waals surface area contributed by atoms with Gasteiger partial charge in [-0.3, -0.25) is 0 Å². The number of aromatic nitrogens is 2. The summed E-state index contributed by atoms with van der Waals surface area (Å²) in [6.45, 7) is 5.51. The molecule has 64 valence electrons. The SMILES string of the molecule is C=CCSc1nc(C)cc(N)n1. The van der Waals surface area contributed by atoms with E-state index in [0.29, 0.717) is 11.0 Å². The van der Waals surface area contributed by atoms with E-state index in [0.717, 1.165) is 11.4 Å². The van der Waals surface area contributed by atoms with Crippen molar-refractivity contribution < 1.29 is 0 Å². The zero-order valence-corrected chi connectivity index (χ0v) is 7.77. The molecule has 1 rings (SSSR count). The van der Waals surface area contributed by atoms with Crippen molar-refractivity contribution in [3.63, 3.8) is 0 Å². The van der Waals surface area contributed by atoms with E-state index in [2.05, 4.69) is 16.5 Å². The van der Waals surface area contributed by atoms with Gasteiger partial charge in [-0.15, -0.1) is 6.58 Å². The van der Waals surface area contributed by atoms with Gasteiger partial charge in [0.2, 0.25) is 0 Å². The standard InChI is InChI=1S/C8H11N3S/c1-3-4-12-8-10-6(2)5-7(9)11-8/h3,5H,1,4H2,2H3,(H2,9,10,11). The Kier molecular flexibility index (Phi) is 3.10. The Labute approximate surface area is 76.1 Å². The third kappa shape index (κ3) is 2.54. The maximum Gasteiger partial charge on any atom is 0.190 e. The Morgan fingerprint density at radius 3 is 3.00 bits per heavy atom. The highest BCUT2D eigenvalue weighted by Gasteiger charge is 1.98. The molecule has 0 radical (unpaired) electrons. The zero-order valence-electron chi connectivity index (χ0n) is 6.95. The van der Waals surface area contributed by atoms with Crippen LogP contribution < -0.4 is 5.73 Å². The molecular formula is C8H11N3S. The largest absolute Gasteiger partial charge is 0.384 e. The van der Waals surface area contributed by atoms with Gasteiger partial charge in [-0.05, 0) is 6.92 Å². The van der Waals surface area contributed by atoms with E-state index in [1.165, 1.54) is 11.8 Å². The van der Waals surface area contributed by atoms with Crippen LogP contribution in [0.5, 0.6) is 0 Å². The first-order valence-corrected chi connectivity index (χ1v) is 4.56. The van der Waals surface area contributed by atoms with Gasteiger partial charge in [0.15, 0.2) is 5.16 Å². The van der Waals surface area contributed by atoms with Crippen LogP contribution in [0.25, 0.3) is 0 Å². The molecule has 1 aromatic heterocycles. The molecule has 3 nitrogen and oxygen atoms in total. The molecule has 0 aliphatic rings. The number of aryl methyl sites for hydroxylation is 1. The zero-order chi connectivity index (χ0) is 8.97. The molecular weight excluding hydrogens is 170 g/mol. The first-order valence-electron chi connectivity index (χ1n) is 3.57. The second kappa shape index (κ2) is 4.11. The molecule has 0 saturated carbocycles. The van der Waals surface area contributed by atoms with Gasteiger partial charge in [0.25, 0.3) is 0 Å². The van der Waals surface area contributed by atoms with E-state index in [4.69, 9.17) is 5.73 Å². The molecule has 1 heterocycles. The fourth-order valence-electron chi connectivity index (χ4n) is 0.763. The minimum Gasteiger partial charge on any atom is -0.384 e. The number of thioether (sulfide) groups is 1. The highest BCUT2D eigenvalue weighted by molar-refractivity contribution is 7.99. The molecule has 0 aromatic carbocycles. The van der Waals surface area contributed by atoms with Crippen LogP contribution >= 0.6 is 11.8 Å².